The van der Waals surface area contributed by atoms with Crippen LogP contribution in [-0.4, -0.2) is 12.3 Å². The van der Waals surface area contributed by atoms with Crippen LogP contribution in [0.15, 0.2) is 41.9 Å². The third kappa shape index (κ3) is 1.55. The van der Waals surface area contributed by atoms with E-state index in [0.717, 1.165) is 19.4 Å². The number of allylic oxidation sites excluding steroid dienone is 1. The zero-order valence-corrected chi connectivity index (χ0v) is 7.66. The molecule has 0 radical (unpaired) electrons. The van der Waals surface area contributed by atoms with Gasteiger partial charge in [0, 0.05) is 18.7 Å². The molecular weight excluding hydrogens is 158 g/mol. The number of aliphatic imine (C=N–C) groups is 1. The van der Waals surface area contributed by atoms with E-state index < -0.39 is 0 Å². The summed E-state index contributed by atoms with van der Waals surface area (Å²) in [5, 5.41) is 0. The van der Waals surface area contributed by atoms with E-state index in [0.29, 0.717) is 0 Å². The largest absolute Gasteiger partial charge is 0.288 e. The van der Waals surface area contributed by atoms with Gasteiger partial charge >= 0.3 is 0 Å². The first-order valence-electron chi connectivity index (χ1n) is 4.64. The molecule has 0 N–H and O–H groups in total. The lowest BCUT2D eigenvalue weighted by molar-refractivity contribution is 0.936. The van der Waals surface area contributed by atoms with Crippen molar-refractivity contribution in [2.24, 2.45) is 4.99 Å². The molecule has 0 spiro atoms. The first-order valence-corrected chi connectivity index (χ1v) is 4.64. The molecule has 1 aromatic carbocycles. The van der Waals surface area contributed by atoms with Crippen molar-refractivity contribution >= 4 is 5.71 Å². The van der Waals surface area contributed by atoms with Crippen LogP contribution in [0, 0.1) is 0 Å². The number of nitrogens with zero attached hydrogens (tertiary/aromatic N) is 1. The zero-order valence-electron chi connectivity index (χ0n) is 7.66. The van der Waals surface area contributed by atoms with Crippen molar-refractivity contribution in [2.45, 2.75) is 12.8 Å². The Hall–Kier alpha value is -1.37. The fourth-order valence-corrected chi connectivity index (χ4v) is 1.73. The number of hydrogen-bond donors (Lipinski definition) is 0. The lowest BCUT2D eigenvalue weighted by Crippen LogP contribution is -2.11. The van der Waals surface area contributed by atoms with E-state index in [9.17, 15) is 0 Å². The molecular formula is C12H13N. The van der Waals surface area contributed by atoms with Crippen molar-refractivity contribution in [1.82, 2.24) is 0 Å². The van der Waals surface area contributed by atoms with E-state index in [1.54, 1.807) is 0 Å². The number of fused-ring (bicyclic) bond motifs is 1. The Morgan fingerprint density at radius 3 is 3.08 bits per heavy atom. The monoisotopic (exact) mass is 171 g/mol. The van der Waals surface area contributed by atoms with Gasteiger partial charge in [-0.2, -0.15) is 0 Å². The Kier molecular flexibility index (Phi) is 2.26. The average molecular weight is 171 g/mol. The predicted octanol–water partition coefficient (Wildman–Crippen LogP) is 2.61. The van der Waals surface area contributed by atoms with Crippen molar-refractivity contribution < 1.29 is 0 Å². The summed E-state index contributed by atoms with van der Waals surface area (Å²) >= 11 is 0. The minimum absolute atomic E-state index is 0.886. The fraction of sp³-hybridized carbons (Fsp3) is 0.250. The molecule has 0 saturated carbocycles. The van der Waals surface area contributed by atoms with Crippen molar-refractivity contribution in [3.8, 4) is 0 Å². The molecule has 0 fully saturated rings. The van der Waals surface area contributed by atoms with Crippen LogP contribution in [0.25, 0.3) is 0 Å². The smallest absolute Gasteiger partial charge is 0.0460 e. The summed E-state index contributed by atoms with van der Waals surface area (Å²) in [6.45, 7) is 4.68. The molecule has 1 aromatic rings. The summed E-state index contributed by atoms with van der Waals surface area (Å²) < 4.78 is 0. The lowest BCUT2D eigenvalue weighted by atomic mass is 9.96. The maximum Gasteiger partial charge on any atom is 0.0460 e. The van der Waals surface area contributed by atoms with Gasteiger partial charge in [0.1, 0.15) is 0 Å². The van der Waals surface area contributed by atoms with Crippen LogP contribution in [0.2, 0.25) is 0 Å². The molecule has 1 aliphatic heterocycles. The van der Waals surface area contributed by atoms with E-state index >= 15 is 0 Å². The summed E-state index contributed by atoms with van der Waals surface area (Å²) in [5.41, 5.74) is 3.93. The number of hydrogen-bond acceptors (Lipinski definition) is 1. The van der Waals surface area contributed by atoms with E-state index in [4.69, 9.17) is 0 Å². The summed E-state index contributed by atoms with van der Waals surface area (Å²) in [4.78, 5) is 4.51. The van der Waals surface area contributed by atoms with Crippen LogP contribution in [0.1, 0.15) is 17.5 Å². The Morgan fingerprint density at radius 1 is 1.38 bits per heavy atom. The second-order valence-electron chi connectivity index (χ2n) is 3.23. The molecule has 1 nitrogen and oxygen atoms in total. The van der Waals surface area contributed by atoms with E-state index in [1.165, 1.54) is 16.8 Å². The third-order valence-electron chi connectivity index (χ3n) is 2.35. The molecule has 0 atom stereocenters. The van der Waals surface area contributed by atoms with Gasteiger partial charge in [-0.1, -0.05) is 30.3 Å². The maximum atomic E-state index is 4.51. The SMILES string of the molecule is C=CCC1=NCCc2ccccc21. The van der Waals surface area contributed by atoms with Gasteiger partial charge in [0.15, 0.2) is 0 Å². The highest BCUT2D eigenvalue weighted by atomic mass is 14.7. The molecule has 0 unspecified atom stereocenters. The topological polar surface area (TPSA) is 12.4 Å². The van der Waals surface area contributed by atoms with Crippen molar-refractivity contribution in [3.05, 3.63) is 48.0 Å². The third-order valence-corrected chi connectivity index (χ3v) is 2.35. The molecule has 0 aliphatic carbocycles. The normalized spacial score (nSPS) is 14.6. The molecule has 1 heterocycles. The summed E-state index contributed by atoms with van der Waals surface area (Å²) in [5.74, 6) is 0. The van der Waals surface area contributed by atoms with Crippen LogP contribution in [0.4, 0.5) is 0 Å². The molecule has 0 bridgehead atoms. The highest BCUT2D eigenvalue weighted by Crippen LogP contribution is 2.17. The minimum atomic E-state index is 0.886. The van der Waals surface area contributed by atoms with E-state index in [-0.39, 0.29) is 0 Å². The second kappa shape index (κ2) is 3.56. The molecule has 0 aromatic heterocycles. The Labute approximate surface area is 78.8 Å². The van der Waals surface area contributed by atoms with Crippen molar-refractivity contribution in [3.63, 3.8) is 0 Å². The fourth-order valence-electron chi connectivity index (χ4n) is 1.73. The molecule has 2 rings (SSSR count). The zero-order chi connectivity index (χ0) is 9.10. The molecule has 66 valence electrons. The summed E-state index contributed by atoms with van der Waals surface area (Å²) in [7, 11) is 0. The van der Waals surface area contributed by atoms with Crippen molar-refractivity contribution in [1.29, 1.82) is 0 Å². The van der Waals surface area contributed by atoms with Gasteiger partial charge in [0.2, 0.25) is 0 Å². The molecule has 0 amide bonds. The first-order chi connectivity index (χ1) is 6.42. The Balaban J connectivity index is 2.41. The van der Waals surface area contributed by atoms with Gasteiger partial charge in [-0.25, -0.2) is 0 Å². The first kappa shape index (κ1) is 8.24. The van der Waals surface area contributed by atoms with Crippen LogP contribution in [0.3, 0.4) is 0 Å². The van der Waals surface area contributed by atoms with E-state index in [1.807, 2.05) is 6.08 Å². The van der Waals surface area contributed by atoms with Gasteiger partial charge in [-0.05, 0) is 17.5 Å². The summed E-state index contributed by atoms with van der Waals surface area (Å²) in [6.07, 6.45) is 3.88. The standard InChI is InChI=1S/C12H13N/c1-2-5-12-11-7-4-3-6-10(11)8-9-13-12/h2-4,6-7H,1,5,8-9H2. The van der Waals surface area contributed by atoms with Gasteiger partial charge in [0.25, 0.3) is 0 Å². The van der Waals surface area contributed by atoms with Crippen LogP contribution >= 0.6 is 0 Å². The summed E-state index contributed by atoms with van der Waals surface area (Å²) in [6, 6.07) is 8.50. The van der Waals surface area contributed by atoms with Gasteiger partial charge < -0.3 is 0 Å². The van der Waals surface area contributed by atoms with Crippen LogP contribution < -0.4 is 0 Å². The Bertz CT molecular complexity index is 350. The molecule has 0 saturated heterocycles. The molecule has 1 aliphatic rings. The van der Waals surface area contributed by atoms with Gasteiger partial charge in [-0.15, -0.1) is 6.58 Å². The number of benzene rings is 1. The van der Waals surface area contributed by atoms with Gasteiger partial charge in [0.05, 0.1) is 0 Å². The molecule has 13 heavy (non-hydrogen) atoms. The lowest BCUT2D eigenvalue weighted by Gasteiger charge is -2.15. The predicted molar refractivity (Wildman–Crippen MR) is 56.4 cm³/mol. The highest BCUT2D eigenvalue weighted by Gasteiger charge is 2.10. The maximum absolute atomic E-state index is 4.51. The average Bonchev–Trinajstić information content (AvgIpc) is 2.19. The van der Waals surface area contributed by atoms with Gasteiger partial charge in [-0.3, -0.25) is 4.99 Å². The second-order valence-corrected chi connectivity index (χ2v) is 3.23. The van der Waals surface area contributed by atoms with Crippen LogP contribution in [0.5, 0.6) is 0 Å². The van der Waals surface area contributed by atoms with Crippen molar-refractivity contribution in [2.75, 3.05) is 6.54 Å². The minimum Gasteiger partial charge on any atom is -0.288 e. The number of rotatable bonds is 2. The van der Waals surface area contributed by atoms with Crippen LogP contribution in [-0.2, 0) is 6.42 Å². The highest BCUT2D eigenvalue weighted by molar-refractivity contribution is 6.03. The molecule has 1 heteroatoms. The quantitative estimate of drug-likeness (QED) is 0.606. The Morgan fingerprint density at radius 2 is 2.23 bits per heavy atom. The van der Waals surface area contributed by atoms with E-state index in [2.05, 4.69) is 35.8 Å².